The molecular formula is C15H22ClN5. The minimum Gasteiger partial charge on any atom is -0.362 e. The molecule has 2 aromatic rings. The Bertz CT molecular complexity index is 595. The highest BCUT2D eigenvalue weighted by Crippen LogP contribution is 2.23. The van der Waals surface area contributed by atoms with Crippen LogP contribution in [0.1, 0.15) is 24.1 Å². The van der Waals surface area contributed by atoms with Crippen LogP contribution in [0.15, 0.2) is 24.3 Å². The average molecular weight is 308 g/mol. The number of aryl methyl sites for hydroxylation is 1. The number of anilines is 1. The summed E-state index contributed by atoms with van der Waals surface area (Å²) in [6, 6.07) is 8.59. The van der Waals surface area contributed by atoms with Gasteiger partial charge >= 0.3 is 0 Å². The summed E-state index contributed by atoms with van der Waals surface area (Å²) in [5.74, 6) is 2.03. The van der Waals surface area contributed by atoms with Gasteiger partial charge in [-0.25, -0.2) is 0 Å². The highest BCUT2D eigenvalue weighted by atomic mass is 35.5. The van der Waals surface area contributed by atoms with Gasteiger partial charge in [0.05, 0.1) is 6.54 Å². The third kappa shape index (κ3) is 3.19. The highest BCUT2D eigenvalue weighted by Gasteiger charge is 2.17. The van der Waals surface area contributed by atoms with E-state index in [-0.39, 0.29) is 12.4 Å². The Labute approximate surface area is 131 Å². The van der Waals surface area contributed by atoms with Crippen molar-refractivity contribution in [1.29, 1.82) is 0 Å². The second-order valence-electron chi connectivity index (χ2n) is 5.13. The minimum atomic E-state index is 0. The molecule has 0 aliphatic carbocycles. The Morgan fingerprint density at radius 3 is 2.86 bits per heavy atom. The number of rotatable bonds is 3. The summed E-state index contributed by atoms with van der Waals surface area (Å²) < 4.78 is 2.18. The van der Waals surface area contributed by atoms with E-state index in [1.165, 1.54) is 11.3 Å². The monoisotopic (exact) mass is 307 g/mol. The molecule has 0 atom stereocenters. The van der Waals surface area contributed by atoms with Gasteiger partial charge in [-0.05, 0) is 25.5 Å². The molecule has 5 nitrogen and oxygen atoms in total. The van der Waals surface area contributed by atoms with Crippen molar-refractivity contribution < 1.29 is 0 Å². The Hall–Kier alpha value is -1.59. The number of para-hydroxylation sites is 1. The van der Waals surface area contributed by atoms with Crippen LogP contribution in [-0.4, -0.2) is 27.9 Å². The summed E-state index contributed by atoms with van der Waals surface area (Å²) in [5.41, 5.74) is 2.66. The number of halogens is 1. The lowest BCUT2D eigenvalue weighted by atomic mass is 10.1. The lowest BCUT2D eigenvalue weighted by Gasteiger charge is -2.24. The van der Waals surface area contributed by atoms with Gasteiger partial charge < -0.3 is 14.8 Å². The summed E-state index contributed by atoms with van der Waals surface area (Å²) >= 11 is 0. The molecule has 21 heavy (non-hydrogen) atoms. The maximum atomic E-state index is 4.34. The molecule has 0 bridgehead atoms. The van der Waals surface area contributed by atoms with Gasteiger partial charge in [0.25, 0.3) is 0 Å². The molecule has 6 heteroatoms. The lowest BCUT2D eigenvalue weighted by molar-refractivity contribution is 0.639. The number of hydrogen-bond donors (Lipinski definition) is 1. The van der Waals surface area contributed by atoms with E-state index in [2.05, 4.69) is 56.2 Å². The van der Waals surface area contributed by atoms with Crippen LogP contribution in [0, 0.1) is 6.92 Å². The van der Waals surface area contributed by atoms with Crippen molar-refractivity contribution >= 4 is 18.1 Å². The largest absolute Gasteiger partial charge is 0.362 e. The molecule has 0 saturated heterocycles. The first-order valence-electron chi connectivity index (χ1n) is 7.22. The average Bonchev–Trinajstić information content (AvgIpc) is 2.69. The Morgan fingerprint density at radius 1 is 1.24 bits per heavy atom. The molecule has 2 heterocycles. The predicted octanol–water partition coefficient (Wildman–Crippen LogP) is 2.14. The van der Waals surface area contributed by atoms with Crippen LogP contribution >= 0.6 is 12.4 Å². The van der Waals surface area contributed by atoms with Gasteiger partial charge in [-0.15, -0.1) is 22.6 Å². The Kier molecular flexibility index (Phi) is 5.20. The van der Waals surface area contributed by atoms with Crippen LogP contribution in [0.2, 0.25) is 0 Å². The zero-order valence-corrected chi connectivity index (χ0v) is 13.4. The molecule has 0 unspecified atom stereocenters. The molecule has 1 aromatic carbocycles. The fraction of sp³-hybridized carbons (Fsp3) is 0.467. The molecule has 3 rings (SSSR count). The van der Waals surface area contributed by atoms with Gasteiger partial charge in [-0.2, -0.15) is 0 Å². The zero-order valence-electron chi connectivity index (χ0n) is 12.5. The van der Waals surface area contributed by atoms with E-state index in [1.807, 2.05) is 6.92 Å². The van der Waals surface area contributed by atoms with Crippen molar-refractivity contribution in [2.45, 2.75) is 33.5 Å². The number of hydrogen-bond acceptors (Lipinski definition) is 4. The molecule has 0 saturated carbocycles. The highest BCUT2D eigenvalue weighted by molar-refractivity contribution is 5.85. The number of aromatic nitrogens is 3. The van der Waals surface area contributed by atoms with Gasteiger partial charge in [0.2, 0.25) is 0 Å². The SMILES string of the molecule is CCn1c(C)nnc1CN1CCNCc2ccccc21.Cl. The lowest BCUT2D eigenvalue weighted by Crippen LogP contribution is -2.29. The van der Waals surface area contributed by atoms with Gasteiger partial charge in [0, 0.05) is 31.9 Å². The molecule has 0 amide bonds. The first kappa shape index (κ1) is 15.8. The fourth-order valence-corrected chi connectivity index (χ4v) is 2.81. The summed E-state index contributed by atoms with van der Waals surface area (Å²) in [7, 11) is 0. The van der Waals surface area contributed by atoms with Gasteiger partial charge in [0.1, 0.15) is 5.82 Å². The van der Waals surface area contributed by atoms with E-state index >= 15 is 0 Å². The first-order chi connectivity index (χ1) is 9.79. The molecule has 1 N–H and O–H groups in total. The van der Waals surface area contributed by atoms with Gasteiger partial charge in [-0.3, -0.25) is 0 Å². The van der Waals surface area contributed by atoms with E-state index in [9.17, 15) is 0 Å². The zero-order chi connectivity index (χ0) is 13.9. The van der Waals surface area contributed by atoms with Crippen molar-refractivity contribution in [3.63, 3.8) is 0 Å². The predicted molar refractivity (Wildman–Crippen MR) is 86.9 cm³/mol. The number of nitrogens with one attached hydrogen (secondary N) is 1. The number of fused-ring (bicyclic) bond motifs is 1. The van der Waals surface area contributed by atoms with Crippen LogP contribution in [0.4, 0.5) is 5.69 Å². The normalized spacial score (nSPS) is 14.3. The summed E-state index contributed by atoms with van der Waals surface area (Å²) in [4.78, 5) is 2.39. The molecular weight excluding hydrogens is 286 g/mol. The smallest absolute Gasteiger partial charge is 0.152 e. The fourth-order valence-electron chi connectivity index (χ4n) is 2.81. The van der Waals surface area contributed by atoms with E-state index in [0.717, 1.165) is 44.4 Å². The maximum Gasteiger partial charge on any atom is 0.152 e. The van der Waals surface area contributed by atoms with Crippen molar-refractivity contribution in [3.8, 4) is 0 Å². The molecule has 114 valence electrons. The molecule has 0 radical (unpaired) electrons. The van der Waals surface area contributed by atoms with Crippen molar-refractivity contribution in [1.82, 2.24) is 20.1 Å². The van der Waals surface area contributed by atoms with Crippen LogP contribution in [0.25, 0.3) is 0 Å². The standard InChI is InChI=1S/C15H21N5.ClH/c1-3-20-12(2)17-18-15(20)11-19-9-8-16-10-13-6-4-5-7-14(13)19;/h4-7,16H,3,8-11H2,1-2H3;1H. The number of nitrogens with zero attached hydrogens (tertiary/aromatic N) is 4. The Morgan fingerprint density at radius 2 is 2.05 bits per heavy atom. The topological polar surface area (TPSA) is 46.0 Å². The second-order valence-corrected chi connectivity index (χ2v) is 5.13. The minimum absolute atomic E-state index is 0. The number of benzene rings is 1. The third-order valence-corrected chi connectivity index (χ3v) is 3.87. The maximum absolute atomic E-state index is 4.34. The summed E-state index contributed by atoms with van der Waals surface area (Å²) in [6.07, 6.45) is 0. The second kappa shape index (κ2) is 6.91. The van der Waals surface area contributed by atoms with Gasteiger partial charge in [-0.1, -0.05) is 18.2 Å². The van der Waals surface area contributed by atoms with Crippen LogP contribution in [0.3, 0.4) is 0 Å². The molecule has 1 aliphatic rings. The van der Waals surface area contributed by atoms with Crippen molar-refractivity contribution in [2.24, 2.45) is 0 Å². The molecule has 0 spiro atoms. The van der Waals surface area contributed by atoms with Crippen molar-refractivity contribution in [2.75, 3.05) is 18.0 Å². The van der Waals surface area contributed by atoms with Crippen molar-refractivity contribution in [3.05, 3.63) is 41.5 Å². The molecule has 0 fully saturated rings. The summed E-state index contributed by atoms with van der Waals surface area (Å²) in [5, 5.41) is 12.0. The van der Waals surface area contributed by atoms with Crippen LogP contribution < -0.4 is 10.2 Å². The Balaban J connectivity index is 0.00000161. The third-order valence-electron chi connectivity index (χ3n) is 3.87. The van der Waals surface area contributed by atoms with E-state index in [0.29, 0.717) is 0 Å². The first-order valence-corrected chi connectivity index (χ1v) is 7.22. The molecule has 1 aromatic heterocycles. The van der Waals surface area contributed by atoms with E-state index in [4.69, 9.17) is 0 Å². The van der Waals surface area contributed by atoms with Crippen LogP contribution in [0.5, 0.6) is 0 Å². The van der Waals surface area contributed by atoms with E-state index < -0.39 is 0 Å². The molecule has 1 aliphatic heterocycles. The van der Waals surface area contributed by atoms with Crippen LogP contribution in [-0.2, 0) is 19.6 Å². The summed E-state index contributed by atoms with van der Waals surface area (Å²) in [6.45, 7) is 8.80. The van der Waals surface area contributed by atoms with Gasteiger partial charge in [0.15, 0.2) is 5.82 Å². The quantitative estimate of drug-likeness (QED) is 0.944. The van der Waals surface area contributed by atoms with E-state index in [1.54, 1.807) is 0 Å².